The molecule has 262 valence electrons. The van der Waals surface area contributed by atoms with Gasteiger partial charge in [-0.1, -0.05) is 39.2 Å². The first-order chi connectivity index (χ1) is 22.9. The van der Waals surface area contributed by atoms with Gasteiger partial charge in [-0.25, -0.2) is 0 Å². The standard InChI is InChI=1S/C37H51N3O8/c1-22(2)17-29(36(44)38-21-37(20-32(43)46-5)15-9-8-10-16-37)40-28-14-12-25-26(19-30(28)42)27(39-23(3)41)13-11-24-18-31(45-4)34(47-6)35(48-7)33(24)25/h12,14,18-19,22,27,29H,8-11,13,15-17,20-21H2,1-7H3,(H,38,44)(H,39,41)(H,40,42). The third-order valence-corrected chi connectivity index (χ3v) is 9.57. The van der Waals surface area contributed by atoms with Crippen LogP contribution in [0.4, 0.5) is 5.69 Å². The Hall–Kier alpha value is -4.28. The van der Waals surface area contributed by atoms with E-state index in [2.05, 4.69) is 16.0 Å². The number of anilines is 1. The molecular formula is C37H51N3O8. The maximum absolute atomic E-state index is 13.9. The largest absolute Gasteiger partial charge is 0.493 e. The van der Waals surface area contributed by atoms with Crippen LogP contribution in [0.5, 0.6) is 17.2 Å². The molecule has 1 saturated carbocycles. The number of fused-ring (bicyclic) bond motifs is 3. The van der Waals surface area contributed by atoms with Crippen molar-refractivity contribution in [3.05, 3.63) is 45.6 Å². The lowest BCUT2D eigenvalue weighted by molar-refractivity contribution is -0.144. The number of benzene rings is 1. The number of hydrogen-bond donors (Lipinski definition) is 3. The van der Waals surface area contributed by atoms with E-state index in [1.807, 2.05) is 26.0 Å². The van der Waals surface area contributed by atoms with E-state index in [1.54, 1.807) is 33.5 Å². The highest BCUT2D eigenvalue weighted by Gasteiger charge is 2.36. The molecule has 2 aromatic rings. The number of esters is 1. The summed E-state index contributed by atoms with van der Waals surface area (Å²) in [5, 5.41) is 9.40. The Morgan fingerprint density at radius 3 is 2.27 bits per heavy atom. The Morgan fingerprint density at radius 2 is 1.67 bits per heavy atom. The number of amides is 2. The molecule has 2 unspecified atom stereocenters. The highest BCUT2D eigenvalue weighted by Crippen LogP contribution is 2.50. The monoisotopic (exact) mass is 665 g/mol. The molecule has 11 heteroatoms. The van der Waals surface area contributed by atoms with Crippen LogP contribution in [0.25, 0.3) is 11.1 Å². The second-order valence-corrected chi connectivity index (χ2v) is 13.5. The summed E-state index contributed by atoms with van der Waals surface area (Å²) < 4.78 is 22.2. The molecule has 0 aromatic heterocycles. The number of ether oxygens (including phenoxy) is 4. The fraction of sp³-hybridized carbons (Fsp3) is 0.568. The first kappa shape index (κ1) is 36.6. The van der Waals surface area contributed by atoms with Crippen molar-refractivity contribution in [3.8, 4) is 28.4 Å². The Balaban J connectivity index is 1.75. The lowest BCUT2D eigenvalue weighted by Crippen LogP contribution is -2.47. The quantitative estimate of drug-likeness (QED) is 0.243. The van der Waals surface area contributed by atoms with Crippen LogP contribution in [-0.2, 0) is 25.5 Å². The smallest absolute Gasteiger partial charge is 0.306 e. The number of carbonyl (C=O) groups is 3. The number of aryl methyl sites for hydroxylation is 1. The second-order valence-electron chi connectivity index (χ2n) is 13.5. The summed E-state index contributed by atoms with van der Waals surface area (Å²) in [6, 6.07) is 5.83. The summed E-state index contributed by atoms with van der Waals surface area (Å²) >= 11 is 0. The van der Waals surface area contributed by atoms with Crippen molar-refractivity contribution < 1.29 is 33.3 Å². The predicted octanol–water partition coefficient (Wildman–Crippen LogP) is 5.32. The van der Waals surface area contributed by atoms with Crippen LogP contribution in [0, 0.1) is 11.3 Å². The van der Waals surface area contributed by atoms with Gasteiger partial charge in [-0.05, 0) is 78.3 Å². The van der Waals surface area contributed by atoms with Crippen molar-refractivity contribution in [1.82, 2.24) is 10.6 Å². The number of nitrogens with one attached hydrogen (secondary N) is 3. The third kappa shape index (κ3) is 8.41. The van der Waals surface area contributed by atoms with Crippen molar-refractivity contribution >= 4 is 23.5 Å². The summed E-state index contributed by atoms with van der Waals surface area (Å²) in [6.45, 7) is 5.86. The molecule has 2 aromatic carbocycles. The molecule has 0 radical (unpaired) electrons. The second kappa shape index (κ2) is 16.2. The molecule has 2 aliphatic carbocycles. The van der Waals surface area contributed by atoms with Crippen LogP contribution in [0.15, 0.2) is 29.1 Å². The van der Waals surface area contributed by atoms with E-state index in [-0.39, 0.29) is 46.7 Å². The maximum Gasteiger partial charge on any atom is 0.306 e. The summed E-state index contributed by atoms with van der Waals surface area (Å²) in [4.78, 5) is 52.3. The van der Waals surface area contributed by atoms with Crippen LogP contribution in [0.1, 0.15) is 89.3 Å². The number of methoxy groups -OCH3 is 4. The zero-order valence-electron chi connectivity index (χ0n) is 29.4. The zero-order chi connectivity index (χ0) is 35.0. The Bertz CT molecular complexity index is 1550. The van der Waals surface area contributed by atoms with Crippen molar-refractivity contribution in [3.63, 3.8) is 0 Å². The normalized spacial score (nSPS) is 17.1. The summed E-state index contributed by atoms with van der Waals surface area (Å²) in [5.41, 5.74) is 2.61. The molecule has 11 nitrogen and oxygen atoms in total. The Morgan fingerprint density at radius 1 is 0.958 bits per heavy atom. The molecule has 0 saturated heterocycles. The van der Waals surface area contributed by atoms with E-state index in [9.17, 15) is 19.2 Å². The molecule has 0 aliphatic heterocycles. The SMILES string of the molecule is COC(=O)CC1(CNC(=O)C(CC(C)C)Nc2ccc3c(cc2=O)C(NC(C)=O)CCc2cc(OC)c(OC)c(OC)c2-3)CCCCC1. The number of hydrogen-bond acceptors (Lipinski definition) is 9. The molecular weight excluding hydrogens is 614 g/mol. The predicted molar refractivity (Wildman–Crippen MR) is 185 cm³/mol. The fourth-order valence-corrected chi connectivity index (χ4v) is 7.21. The number of rotatable bonds is 13. The molecule has 3 N–H and O–H groups in total. The lowest BCUT2D eigenvalue weighted by atomic mass is 9.71. The molecule has 2 amide bonds. The van der Waals surface area contributed by atoms with Gasteiger partial charge in [0.25, 0.3) is 0 Å². The number of carbonyl (C=O) groups excluding carboxylic acids is 3. The maximum atomic E-state index is 13.9. The van der Waals surface area contributed by atoms with Gasteiger partial charge in [0, 0.05) is 19.0 Å². The van der Waals surface area contributed by atoms with Gasteiger partial charge in [0.05, 0.1) is 46.6 Å². The topological polar surface area (TPSA) is 141 Å². The van der Waals surface area contributed by atoms with Gasteiger partial charge in [-0.2, -0.15) is 0 Å². The average Bonchev–Trinajstić information content (AvgIpc) is 3.30. The van der Waals surface area contributed by atoms with Gasteiger partial charge in [-0.3, -0.25) is 19.2 Å². The van der Waals surface area contributed by atoms with E-state index < -0.39 is 12.1 Å². The molecule has 48 heavy (non-hydrogen) atoms. The molecule has 0 bridgehead atoms. The van der Waals surface area contributed by atoms with Crippen molar-refractivity contribution in [2.45, 2.75) is 90.6 Å². The Labute approximate surface area is 283 Å². The molecule has 2 aliphatic rings. The van der Waals surface area contributed by atoms with Crippen LogP contribution >= 0.6 is 0 Å². The molecule has 4 rings (SSSR count). The minimum absolute atomic E-state index is 0.152. The average molecular weight is 666 g/mol. The van der Waals surface area contributed by atoms with Crippen molar-refractivity contribution in [1.29, 1.82) is 0 Å². The highest BCUT2D eigenvalue weighted by atomic mass is 16.5. The van der Waals surface area contributed by atoms with E-state index in [0.717, 1.165) is 43.2 Å². The molecule has 1 fully saturated rings. The van der Waals surface area contributed by atoms with Gasteiger partial charge >= 0.3 is 5.97 Å². The minimum atomic E-state index is -0.698. The summed E-state index contributed by atoms with van der Waals surface area (Å²) in [5.74, 6) is 0.834. The van der Waals surface area contributed by atoms with E-state index in [1.165, 1.54) is 14.0 Å². The molecule has 0 spiro atoms. The molecule has 0 heterocycles. The summed E-state index contributed by atoms with van der Waals surface area (Å²) in [7, 11) is 6.05. The van der Waals surface area contributed by atoms with E-state index in [4.69, 9.17) is 18.9 Å². The molecule has 2 atom stereocenters. The van der Waals surface area contributed by atoms with Gasteiger partial charge in [0.1, 0.15) is 6.04 Å². The van der Waals surface area contributed by atoms with Gasteiger partial charge in [0.15, 0.2) is 11.5 Å². The highest BCUT2D eigenvalue weighted by molar-refractivity contribution is 5.86. The zero-order valence-corrected chi connectivity index (χ0v) is 29.4. The van der Waals surface area contributed by atoms with Crippen LogP contribution in [-0.4, -0.2) is 58.8 Å². The summed E-state index contributed by atoms with van der Waals surface area (Å²) in [6.07, 6.45) is 6.64. The van der Waals surface area contributed by atoms with Crippen LogP contribution in [0.3, 0.4) is 0 Å². The van der Waals surface area contributed by atoms with Crippen LogP contribution in [0.2, 0.25) is 0 Å². The first-order valence-corrected chi connectivity index (χ1v) is 16.8. The minimum Gasteiger partial charge on any atom is -0.493 e. The third-order valence-electron chi connectivity index (χ3n) is 9.57. The van der Waals surface area contributed by atoms with Crippen molar-refractivity contribution in [2.24, 2.45) is 11.3 Å². The van der Waals surface area contributed by atoms with Gasteiger partial charge < -0.3 is 34.9 Å². The van der Waals surface area contributed by atoms with Gasteiger partial charge in [0.2, 0.25) is 23.0 Å². The lowest BCUT2D eigenvalue weighted by Gasteiger charge is -2.37. The van der Waals surface area contributed by atoms with Crippen LogP contribution < -0.4 is 35.6 Å². The van der Waals surface area contributed by atoms with E-state index in [0.29, 0.717) is 54.2 Å². The van der Waals surface area contributed by atoms with E-state index >= 15 is 0 Å². The van der Waals surface area contributed by atoms with Gasteiger partial charge in [-0.15, -0.1) is 0 Å². The Kier molecular flexibility index (Phi) is 12.3. The first-order valence-electron chi connectivity index (χ1n) is 16.8. The fourth-order valence-electron chi connectivity index (χ4n) is 7.21. The van der Waals surface area contributed by atoms with Crippen molar-refractivity contribution in [2.75, 3.05) is 40.3 Å².